The molecule has 3 amide bonds. The van der Waals surface area contributed by atoms with Gasteiger partial charge in [-0.3, -0.25) is 14.4 Å². The van der Waals surface area contributed by atoms with Gasteiger partial charge in [0.25, 0.3) is 5.91 Å². The van der Waals surface area contributed by atoms with E-state index in [1.807, 2.05) is 19.1 Å². The molecule has 0 aliphatic carbocycles. The molecular formula is C24H27BrN4O6. The Morgan fingerprint density at radius 3 is 2.71 bits per heavy atom. The number of methoxy groups -OCH3 is 1. The van der Waals surface area contributed by atoms with Crippen molar-refractivity contribution in [3.05, 3.63) is 52.0 Å². The Balaban J connectivity index is 1.48. The summed E-state index contributed by atoms with van der Waals surface area (Å²) in [5.74, 6) is -1.24. The molecule has 1 atom stereocenters. The van der Waals surface area contributed by atoms with Gasteiger partial charge in [-0.25, -0.2) is 5.43 Å². The van der Waals surface area contributed by atoms with Crippen LogP contribution in [0.15, 0.2) is 46.0 Å². The average Bonchev–Trinajstić information content (AvgIpc) is 3.37. The average molecular weight is 547 g/mol. The van der Waals surface area contributed by atoms with E-state index in [0.29, 0.717) is 29.4 Å². The number of ether oxygens (including phenoxy) is 3. The fourth-order valence-corrected chi connectivity index (χ4v) is 3.50. The molecule has 186 valence electrons. The summed E-state index contributed by atoms with van der Waals surface area (Å²) in [4.78, 5) is 35.9. The number of rotatable bonds is 9. The second-order valence-electron chi connectivity index (χ2n) is 7.76. The number of nitrogens with zero attached hydrogens (tertiary/aromatic N) is 1. The van der Waals surface area contributed by atoms with Crippen molar-refractivity contribution in [2.75, 3.05) is 32.2 Å². The van der Waals surface area contributed by atoms with E-state index in [0.717, 1.165) is 22.9 Å². The molecule has 0 saturated carbocycles. The molecular weight excluding hydrogens is 520 g/mol. The van der Waals surface area contributed by atoms with Crippen molar-refractivity contribution in [1.82, 2.24) is 10.7 Å². The van der Waals surface area contributed by atoms with Crippen LogP contribution >= 0.6 is 15.9 Å². The molecule has 1 aliphatic rings. The number of amides is 3. The summed E-state index contributed by atoms with van der Waals surface area (Å²) in [5, 5.41) is 9.10. The SMILES string of the molecule is COc1cc(/C=N\NC(=O)C(=O)NC[C@@H]2CCCO2)ccc1OCC(=O)Nc1ccc(Br)c(C)c1. The summed E-state index contributed by atoms with van der Waals surface area (Å²) in [7, 11) is 1.47. The molecule has 0 bridgehead atoms. The predicted molar refractivity (Wildman–Crippen MR) is 134 cm³/mol. The minimum absolute atomic E-state index is 0.0560. The van der Waals surface area contributed by atoms with E-state index in [-0.39, 0.29) is 25.2 Å². The monoisotopic (exact) mass is 546 g/mol. The molecule has 1 fully saturated rings. The first-order valence-electron chi connectivity index (χ1n) is 11.0. The van der Waals surface area contributed by atoms with Gasteiger partial charge in [0.15, 0.2) is 18.1 Å². The summed E-state index contributed by atoms with van der Waals surface area (Å²) >= 11 is 3.42. The van der Waals surface area contributed by atoms with Crippen LogP contribution < -0.4 is 25.5 Å². The predicted octanol–water partition coefficient (Wildman–Crippen LogP) is 2.53. The fourth-order valence-electron chi connectivity index (χ4n) is 3.25. The second kappa shape index (κ2) is 12.9. The molecule has 35 heavy (non-hydrogen) atoms. The maximum atomic E-state index is 12.2. The molecule has 1 heterocycles. The lowest BCUT2D eigenvalue weighted by Crippen LogP contribution is -2.41. The van der Waals surface area contributed by atoms with Gasteiger partial charge >= 0.3 is 11.8 Å². The van der Waals surface area contributed by atoms with Crippen LogP contribution in [0.1, 0.15) is 24.0 Å². The first-order chi connectivity index (χ1) is 16.9. The number of hydrogen-bond acceptors (Lipinski definition) is 7. The minimum atomic E-state index is -0.877. The van der Waals surface area contributed by atoms with Gasteiger partial charge in [-0.1, -0.05) is 15.9 Å². The number of carbonyl (C=O) groups excluding carboxylic acids is 3. The number of halogens is 1. The van der Waals surface area contributed by atoms with Crippen molar-refractivity contribution in [2.45, 2.75) is 25.9 Å². The van der Waals surface area contributed by atoms with Crippen LogP contribution in [0.2, 0.25) is 0 Å². The molecule has 0 aromatic heterocycles. The second-order valence-corrected chi connectivity index (χ2v) is 8.61. The van der Waals surface area contributed by atoms with Crippen molar-refractivity contribution in [3.8, 4) is 11.5 Å². The topological polar surface area (TPSA) is 127 Å². The molecule has 0 radical (unpaired) electrons. The van der Waals surface area contributed by atoms with Gasteiger partial charge in [0.05, 0.1) is 19.4 Å². The van der Waals surface area contributed by atoms with Gasteiger partial charge in [0, 0.05) is 23.3 Å². The normalized spacial score (nSPS) is 15.0. The van der Waals surface area contributed by atoms with Gasteiger partial charge < -0.3 is 24.8 Å². The Bertz CT molecular complexity index is 1100. The number of hydrazone groups is 1. The van der Waals surface area contributed by atoms with Crippen LogP contribution in [-0.4, -0.2) is 56.9 Å². The Morgan fingerprint density at radius 2 is 2.00 bits per heavy atom. The number of aryl methyl sites for hydroxylation is 1. The van der Waals surface area contributed by atoms with E-state index in [2.05, 4.69) is 37.1 Å². The third-order valence-electron chi connectivity index (χ3n) is 5.09. The summed E-state index contributed by atoms with van der Waals surface area (Å²) in [6.45, 7) is 2.67. The lowest BCUT2D eigenvalue weighted by Gasteiger charge is -2.12. The van der Waals surface area contributed by atoms with Crippen LogP contribution in [0.25, 0.3) is 0 Å². The van der Waals surface area contributed by atoms with Crippen molar-refractivity contribution >= 4 is 45.6 Å². The van der Waals surface area contributed by atoms with E-state index < -0.39 is 11.8 Å². The fraction of sp³-hybridized carbons (Fsp3) is 0.333. The van der Waals surface area contributed by atoms with Crippen molar-refractivity contribution in [1.29, 1.82) is 0 Å². The van der Waals surface area contributed by atoms with E-state index in [9.17, 15) is 14.4 Å². The van der Waals surface area contributed by atoms with Crippen LogP contribution in [0.4, 0.5) is 5.69 Å². The van der Waals surface area contributed by atoms with E-state index in [1.165, 1.54) is 13.3 Å². The van der Waals surface area contributed by atoms with Crippen LogP contribution in [0, 0.1) is 6.92 Å². The van der Waals surface area contributed by atoms with E-state index in [4.69, 9.17) is 14.2 Å². The van der Waals surface area contributed by atoms with Gasteiger partial charge in [0.2, 0.25) is 0 Å². The summed E-state index contributed by atoms with van der Waals surface area (Å²) < 4.78 is 17.3. The molecule has 0 spiro atoms. The Morgan fingerprint density at radius 1 is 1.17 bits per heavy atom. The highest BCUT2D eigenvalue weighted by atomic mass is 79.9. The van der Waals surface area contributed by atoms with Gasteiger partial charge in [-0.05, 0) is 67.3 Å². The highest BCUT2D eigenvalue weighted by Gasteiger charge is 2.19. The van der Waals surface area contributed by atoms with Crippen molar-refractivity contribution < 1.29 is 28.6 Å². The quantitative estimate of drug-likeness (QED) is 0.252. The van der Waals surface area contributed by atoms with E-state index in [1.54, 1.807) is 24.3 Å². The van der Waals surface area contributed by atoms with Crippen LogP contribution in [-0.2, 0) is 19.1 Å². The summed E-state index contributed by atoms with van der Waals surface area (Å²) in [6, 6.07) is 10.4. The maximum absolute atomic E-state index is 12.2. The Kier molecular flexibility index (Phi) is 9.62. The first kappa shape index (κ1) is 26.2. The summed E-state index contributed by atoms with van der Waals surface area (Å²) in [5.41, 5.74) is 4.43. The number of hydrogen-bond donors (Lipinski definition) is 3. The van der Waals surface area contributed by atoms with Gasteiger partial charge in [-0.2, -0.15) is 5.10 Å². The van der Waals surface area contributed by atoms with Gasteiger partial charge in [0.1, 0.15) is 0 Å². The number of nitrogens with one attached hydrogen (secondary N) is 3. The minimum Gasteiger partial charge on any atom is -0.493 e. The zero-order chi connectivity index (χ0) is 25.2. The van der Waals surface area contributed by atoms with E-state index >= 15 is 0 Å². The van der Waals surface area contributed by atoms with Crippen molar-refractivity contribution in [2.24, 2.45) is 5.10 Å². The molecule has 11 heteroatoms. The zero-order valence-corrected chi connectivity index (χ0v) is 21.0. The number of benzene rings is 2. The number of carbonyl (C=O) groups is 3. The van der Waals surface area contributed by atoms with Crippen LogP contribution in [0.3, 0.4) is 0 Å². The lowest BCUT2D eigenvalue weighted by molar-refractivity contribution is -0.139. The standard InChI is InChI=1S/C24H27BrN4O6/c1-15-10-17(6-7-19(15)25)28-22(30)14-35-20-8-5-16(11-21(20)33-2)12-27-29-24(32)23(31)26-13-18-4-3-9-34-18/h5-8,10-12,18H,3-4,9,13-14H2,1-2H3,(H,26,31)(H,28,30)(H,29,32)/b27-12-/t18-/m0/s1. The zero-order valence-electron chi connectivity index (χ0n) is 19.4. The first-order valence-corrected chi connectivity index (χ1v) is 11.7. The third-order valence-corrected chi connectivity index (χ3v) is 5.98. The molecule has 3 N–H and O–H groups in total. The molecule has 0 unspecified atom stereocenters. The largest absolute Gasteiger partial charge is 0.493 e. The van der Waals surface area contributed by atoms with Gasteiger partial charge in [-0.15, -0.1) is 0 Å². The smallest absolute Gasteiger partial charge is 0.329 e. The van der Waals surface area contributed by atoms with Crippen LogP contribution in [0.5, 0.6) is 11.5 Å². The number of anilines is 1. The van der Waals surface area contributed by atoms with Crippen molar-refractivity contribution in [3.63, 3.8) is 0 Å². The molecule has 2 aromatic rings. The molecule has 2 aromatic carbocycles. The highest BCUT2D eigenvalue weighted by molar-refractivity contribution is 9.10. The summed E-state index contributed by atoms with van der Waals surface area (Å²) in [6.07, 6.45) is 3.11. The Hall–Kier alpha value is -3.44. The maximum Gasteiger partial charge on any atom is 0.329 e. The molecule has 10 nitrogen and oxygen atoms in total. The molecule has 1 saturated heterocycles. The molecule has 3 rings (SSSR count). The highest BCUT2D eigenvalue weighted by Crippen LogP contribution is 2.27. The Labute approximate surface area is 211 Å². The third kappa shape index (κ3) is 8.08. The lowest BCUT2D eigenvalue weighted by atomic mass is 10.2. The molecule has 1 aliphatic heterocycles.